The van der Waals surface area contributed by atoms with Crippen LogP contribution in [0.5, 0.6) is 0 Å². The highest BCUT2D eigenvalue weighted by molar-refractivity contribution is 7.92. The van der Waals surface area contributed by atoms with Crippen LogP contribution in [0.4, 0.5) is 10.6 Å². The second-order valence-corrected chi connectivity index (χ2v) is 11.8. The summed E-state index contributed by atoms with van der Waals surface area (Å²) in [6.45, 7) is 7.10. The fourth-order valence-electron chi connectivity index (χ4n) is 3.98. The van der Waals surface area contributed by atoms with Gasteiger partial charge in [0.2, 0.25) is 21.8 Å². The standard InChI is InChI=1S/C23H28ClN5O5S/c1-22(2,3)29(21(30)31)23(4,14-15-10-8-7-9-11-15)20-27-26-19(34-20)16-12-17(24)25-18(13-16)28(5)35(6,32)33/h7-13H,14H2,1-6H3,(H,30,31)/t23-/m1/s1. The van der Waals surface area contributed by atoms with Gasteiger partial charge < -0.3 is 9.52 Å². The molecule has 0 fully saturated rings. The quantitative estimate of drug-likeness (QED) is 0.452. The van der Waals surface area contributed by atoms with Crippen LogP contribution >= 0.6 is 11.6 Å². The fraction of sp³-hybridized carbons (Fsp3) is 0.391. The van der Waals surface area contributed by atoms with Crippen LogP contribution in [0.3, 0.4) is 0 Å². The molecule has 3 rings (SSSR count). The maximum atomic E-state index is 12.4. The summed E-state index contributed by atoms with van der Waals surface area (Å²) in [6, 6.07) is 12.3. The molecule has 0 bridgehead atoms. The topological polar surface area (TPSA) is 130 Å². The first kappa shape index (κ1) is 26.4. The third-order valence-corrected chi connectivity index (χ3v) is 6.86. The van der Waals surface area contributed by atoms with Crippen molar-refractivity contribution in [3.8, 4) is 11.5 Å². The molecule has 0 aliphatic heterocycles. The van der Waals surface area contributed by atoms with E-state index in [1.54, 1.807) is 27.7 Å². The number of pyridine rings is 1. The number of anilines is 1. The van der Waals surface area contributed by atoms with Gasteiger partial charge in [-0.25, -0.2) is 18.2 Å². The van der Waals surface area contributed by atoms with Crippen LogP contribution in [0, 0.1) is 0 Å². The molecule has 1 N–H and O–H groups in total. The van der Waals surface area contributed by atoms with Gasteiger partial charge in [-0.05, 0) is 45.4 Å². The van der Waals surface area contributed by atoms with Gasteiger partial charge in [-0.15, -0.1) is 10.2 Å². The van der Waals surface area contributed by atoms with Crippen LogP contribution in [0.1, 0.15) is 39.1 Å². The molecule has 10 nitrogen and oxygen atoms in total. The number of rotatable bonds is 7. The summed E-state index contributed by atoms with van der Waals surface area (Å²) in [5, 5.41) is 18.5. The van der Waals surface area contributed by atoms with Gasteiger partial charge in [0.15, 0.2) is 0 Å². The third-order valence-electron chi connectivity index (χ3n) is 5.48. The van der Waals surface area contributed by atoms with Gasteiger partial charge in [0.25, 0.3) is 0 Å². The van der Waals surface area contributed by atoms with Crippen molar-refractivity contribution in [1.29, 1.82) is 0 Å². The van der Waals surface area contributed by atoms with Crippen LogP contribution in [0.2, 0.25) is 5.15 Å². The Balaban J connectivity index is 2.14. The van der Waals surface area contributed by atoms with Crippen molar-refractivity contribution in [2.75, 3.05) is 17.6 Å². The average Bonchev–Trinajstić information content (AvgIpc) is 3.22. The van der Waals surface area contributed by atoms with E-state index in [9.17, 15) is 18.3 Å². The minimum absolute atomic E-state index is 0.0293. The number of hydrogen-bond donors (Lipinski definition) is 1. The second-order valence-electron chi connectivity index (χ2n) is 9.40. The van der Waals surface area contributed by atoms with Crippen molar-refractivity contribution in [2.24, 2.45) is 0 Å². The summed E-state index contributed by atoms with van der Waals surface area (Å²) < 4.78 is 30.9. The molecule has 12 heteroatoms. The Morgan fingerprint density at radius 2 is 1.74 bits per heavy atom. The van der Waals surface area contributed by atoms with Gasteiger partial charge in [0.05, 0.1) is 6.26 Å². The normalized spacial score (nSPS) is 13.8. The molecule has 2 aromatic heterocycles. The Kier molecular flexibility index (Phi) is 7.14. The molecule has 1 aromatic carbocycles. The molecule has 35 heavy (non-hydrogen) atoms. The van der Waals surface area contributed by atoms with Crippen molar-refractivity contribution < 1.29 is 22.7 Å². The molecule has 2 heterocycles. The van der Waals surface area contributed by atoms with E-state index in [1.165, 1.54) is 24.1 Å². The highest BCUT2D eigenvalue weighted by Gasteiger charge is 2.47. The summed E-state index contributed by atoms with van der Waals surface area (Å²) in [6.07, 6.45) is 0.181. The monoisotopic (exact) mass is 521 g/mol. The molecular weight excluding hydrogens is 494 g/mol. The maximum Gasteiger partial charge on any atom is 0.408 e. The Morgan fingerprint density at radius 1 is 1.11 bits per heavy atom. The van der Waals surface area contributed by atoms with Crippen molar-refractivity contribution in [3.63, 3.8) is 0 Å². The summed E-state index contributed by atoms with van der Waals surface area (Å²) in [7, 11) is -2.24. The molecule has 0 saturated carbocycles. The molecular formula is C23H28ClN5O5S. The number of halogens is 1. The molecule has 0 aliphatic rings. The number of carboxylic acid groups (broad SMARTS) is 1. The summed E-state index contributed by atoms with van der Waals surface area (Å²) in [5.41, 5.74) is -0.793. The van der Waals surface area contributed by atoms with E-state index >= 15 is 0 Å². The van der Waals surface area contributed by atoms with E-state index in [0.717, 1.165) is 16.1 Å². The number of sulfonamides is 1. The number of nitrogens with zero attached hydrogens (tertiary/aromatic N) is 5. The smallest absolute Gasteiger partial charge is 0.408 e. The Morgan fingerprint density at radius 3 is 2.29 bits per heavy atom. The van der Waals surface area contributed by atoms with Crippen LogP contribution in [0.15, 0.2) is 46.9 Å². The number of hydrogen-bond acceptors (Lipinski definition) is 7. The van der Waals surface area contributed by atoms with Crippen molar-refractivity contribution in [3.05, 3.63) is 59.1 Å². The van der Waals surface area contributed by atoms with E-state index in [-0.39, 0.29) is 29.2 Å². The number of aromatic nitrogens is 3. The number of carbonyl (C=O) groups is 1. The van der Waals surface area contributed by atoms with E-state index in [4.69, 9.17) is 16.0 Å². The highest BCUT2D eigenvalue weighted by Crippen LogP contribution is 2.38. The van der Waals surface area contributed by atoms with Gasteiger partial charge in [0.1, 0.15) is 16.5 Å². The lowest BCUT2D eigenvalue weighted by Gasteiger charge is -2.45. The Bertz CT molecular complexity index is 1320. The van der Waals surface area contributed by atoms with Crippen LogP contribution in [-0.2, 0) is 22.0 Å². The lowest BCUT2D eigenvalue weighted by molar-refractivity contribution is 0.00810. The second kappa shape index (κ2) is 9.46. The minimum Gasteiger partial charge on any atom is -0.465 e. The van der Waals surface area contributed by atoms with Gasteiger partial charge in [-0.2, -0.15) is 0 Å². The average molecular weight is 522 g/mol. The summed E-state index contributed by atoms with van der Waals surface area (Å²) in [5.74, 6) is 0.203. The van der Waals surface area contributed by atoms with Crippen LogP contribution < -0.4 is 4.31 Å². The predicted molar refractivity (Wildman–Crippen MR) is 133 cm³/mol. The first-order valence-corrected chi connectivity index (χ1v) is 12.9. The van der Waals surface area contributed by atoms with Gasteiger partial charge >= 0.3 is 6.09 Å². The van der Waals surface area contributed by atoms with E-state index < -0.39 is 27.2 Å². The third kappa shape index (κ3) is 5.73. The Hall–Kier alpha value is -3.18. The number of amides is 1. The fourth-order valence-corrected chi connectivity index (χ4v) is 4.61. The minimum atomic E-state index is -3.59. The van der Waals surface area contributed by atoms with Crippen molar-refractivity contribution in [2.45, 2.75) is 45.2 Å². The van der Waals surface area contributed by atoms with E-state index in [1.807, 2.05) is 30.3 Å². The molecule has 0 radical (unpaired) electrons. The van der Waals surface area contributed by atoms with Crippen molar-refractivity contribution >= 4 is 33.5 Å². The SMILES string of the molecule is CN(c1cc(-c2nnc([C@@](C)(Cc3ccccc3)N(C(=O)O)C(C)(C)C)o2)cc(Cl)n1)S(C)(=O)=O. The molecule has 188 valence electrons. The Labute approximate surface area is 209 Å². The molecule has 0 spiro atoms. The molecule has 1 atom stereocenters. The first-order valence-electron chi connectivity index (χ1n) is 10.7. The first-order chi connectivity index (χ1) is 16.1. The summed E-state index contributed by atoms with van der Waals surface area (Å²) in [4.78, 5) is 17.8. The molecule has 0 unspecified atom stereocenters. The molecule has 0 saturated heterocycles. The van der Waals surface area contributed by atoms with Crippen molar-refractivity contribution in [1.82, 2.24) is 20.1 Å². The zero-order chi connectivity index (χ0) is 26.2. The highest BCUT2D eigenvalue weighted by atomic mass is 35.5. The lowest BCUT2D eigenvalue weighted by atomic mass is 9.87. The number of benzene rings is 1. The van der Waals surface area contributed by atoms with Crippen LogP contribution in [0.25, 0.3) is 11.5 Å². The van der Waals surface area contributed by atoms with Gasteiger partial charge in [-0.1, -0.05) is 41.9 Å². The lowest BCUT2D eigenvalue weighted by Crippen LogP contribution is -2.57. The summed E-state index contributed by atoms with van der Waals surface area (Å²) >= 11 is 6.14. The molecule has 0 aliphatic carbocycles. The van der Waals surface area contributed by atoms with Gasteiger partial charge in [-0.3, -0.25) is 9.21 Å². The van der Waals surface area contributed by atoms with Crippen LogP contribution in [-0.4, -0.2) is 58.5 Å². The molecule has 3 aromatic rings. The zero-order valence-corrected chi connectivity index (χ0v) is 21.9. The zero-order valence-electron chi connectivity index (χ0n) is 20.4. The van der Waals surface area contributed by atoms with Gasteiger partial charge in [0, 0.05) is 24.6 Å². The van der Waals surface area contributed by atoms with E-state index in [0.29, 0.717) is 5.56 Å². The maximum absolute atomic E-state index is 12.4. The van der Waals surface area contributed by atoms with E-state index in [2.05, 4.69) is 15.2 Å². The predicted octanol–water partition coefficient (Wildman–Crippen LogP) is 4.42. The largest absolute Gasteiger partial charge is 0.465 e. The molecule has 1 amide bonds.